The number of hydrogen-bond acceptors (Lipinski definition) is 2. The van der Waals surface area contributed by atoms with Gasteiger partial charge in [-0.2, -0.15) is 0 Å². The van der Waals surface area contributed by atoms with Gasteiger partial charge in [-0.15, -0.1) is 0 Å². The molecule has 0 fully saturated rings. The number of benzene rings is 1. The Bertz CT molecular complexity index is 343. The molecule has 96 valence electrons. The Morgan fingerprint density at radius 3 is 2.53 bits per heavy atom. The number of hydrogen-bond donors (Lipinski definition) is 2. The lowest BCUT2D eigenvalue weighted by Crippen LogP contribution is -2.33. The van der Waals surface area contributed by atoms with Crippen LogP contribution in [-0.4, -0.2) is 13.6 Å². The first kappa shape index (κ1) is 14.0. The number of nitrogens with one attached hydrogen (secondary N) is 2. The van der Waals surface area contributed by atoms with E-state index >= 15 is 0 Å². The average Bonchev–Trinajstić information content (AvgIpc) is 2.29. The van der Waals surface area contributed by atoms with E-state index in [2.05, 4.69) is 62.6 Å². The van der Waals surface area contributed by atoms with Crippen LogP contribution in [0.15, 0.2) is 24.3 Å². The van der Waals surface area contributed by atoms with Crippen molar-refractivity contribution < 1.29 is 0 Å². The molecule has 1 aromatic carbocycles. The molecular formula is C15H26N2. The van der Waals surface area contributed by atoms with E-state index in [0.29, 0.717) is 11.3 Å². The van der Waals surface area contributed by atoms with Crippen molar-refractivity contribution in [2.75, 3.05) is 18.9 Å². The fraction of sp³-hybridized carbons (Fsp3) is 0.600. The molecule has 0 aliphatic rings. The van der Waals surface area contributed by atoms with Crippen LogP contribution >= 0.6 is 0 Å². The molecule has 2 heteroatoms. The Kier molecular flexibility index (Phi) is 5.01. The molecule has 0 atom stereocenters. The van der Waals surface area contributed by atoms with E-state index < -0.39 is 0 Å². The van der Waals surface area contributed by atoms with Crippen molar-refractivity contribution in [3.05, 3.63) is 29.8 Å². The zero-order chi connectivity index (χ0) is 12.9. The largest absolute Gasteiger partial charge is 0.388 e. The highest BCUT2D eigenvalue weighted by Crippen LogP contribution is 2.24. The maximum atomic E-state index is 3.55. The van der Waals surface area contributed by atoms with Crippen LogP contribution in [0, 0.1) is 11.3 Å². The van der Waals surface area contributed by atoms with Gasteiger partial charge in [-0.25, -0.2) is 0 Å². The van der Waals surface area contributed by atoms with Crippen LogP contribution in [0.4, 0.5) is 5.69 Å². The summed E-state index contributed by atoms with van der Waals surface area (Å²) >= 11 is 0. The van der Waals surface area contributed by atoms with Crippen LogP contribution in [0.25, 0.3) is 0 Å². The number of rotatable bonds is 6. The van der Waals surface area contributed by atoms with Crippen LogP contribution < -0.4 is 10.6 Å². The first-order valence-electron chi connectivity index (χ1n) is 6.43. The summed E-state index contributed by atoms with van der Waals surface area (Å²) in [5.74, 6) is 0.693. The van der Waals surface area contributed by atoms with Crippen LogP contribution in [0.5, 0.6) is 0 Å². The van der Waals surface area contributed by atoms with Gasteiger partial charge in [0.05, 0.1) is 0 Å². The average molecular weight is 234 g/mol. The Hall–Kier alpha value is -1.02. The Morgan fingerprint density at radius 2 is 1.94 bits per heavy atom. The van der Waals surface area contributed by atoms with Crippen LogP contribution in [0.1, 0.15) is 33.3 Å². The van der Waals surface area contributed by atoms with Gasteiger partial charge in [0.25, 0.3) is 0 Å². The molecule has 2 N–H and O–H groups in total. The molecule has 0 saturated carbocycles. The fourth-order valence-electron chi connectivity index (χ4n) is 1.57. The molecule has 0 amide bonds. The summed E-state index contributed by atoms with van der Waals surface area (Å²) in [6.45, 7) is 11.2. The van der Waals surface area contributed by atoms with E-state index in [0.717, 1.165) is 13.1 Å². The summed E-state index contributed by atoms with van der Waals surface area (Å²) in [7, 11) is 1.95. The fourth-order valence-corrected chi connectivity index (χ4v) is 1.57. The second-order valence-corrected chi connectivity index (χ2v) is 5.70. The van der Waals surface area contributed by atoms with Crippen molar-refractivity contribution in [2.24, 2.45) is 11.3 Å². The maximum absolute atomic E-state index is 3.55. The Balaban J connectivity index is 2.45. The van der Waals surface area contributed by atoms with Crippen LogP contribution in [-0.2, 0) is 6.54 Å². The first-order chi connectivity index (χ1) is 7.95. The minimum atomic E-state index is 0.348. The van der Waals surface area contributed by atoms with Crippen molar-refractivity contribution in [3.8, 4) is 0 Å². The third-order valence-electron chi connectivity index (χ3n) is 3.69. The van der Waals surface area contributed by atoms with Gasteiger partial charge in [-0.05, 0) is 29.0 Å². The summed E-state index contributed by atoms with van der Waals surface area (Å²) in [5.41, 5.74) is 2.85. The molecule has 0 spiro atoms. The highest BCUT2D eigenvalue weighted by molar-refractivity contribution is 5.44. The highest BCUT2D eigenvalue weighted by Gasteiger charge is 2.21. The van der Waals surface area contributed by atoms with E-state index in [9.17, 15) is 0 Å². The summed E-state index contributed by atoms with van der Waals surface area (Å²) in [5, 5.41) is 6.71. The summed E-state index contributed by atoms with van der Waals surface area (Å²) in [6.07, 6.45) is 0. The molecule has 0 bridgehead atoms. The van der Waals surface area contributed by atoms with Gasteiger partial charge in [0, 0.05) is 25.8 Å². The molecule has 0 radical (unpaired) electrons. The first-order valence-corrected chi connectivity index (χ1v) is 6.43. The third-order valence-corrected chi connectivity index (χ3v) is 3.69. The molecule has 1 rings (SSSR count). The smallest absolute Gasteiger partial charge is 0.0340 e. The van der Waals surface area contributed by atoms with Gasteiger partial charge < -0.3 is 10.6 Å². The van der Waals surface area contributed by atoms with Crippen molar-refractivity contribution >= 4 is 5.69 Å². The zero-order valence-electron chi connectivity index (χ0n) is 11.8. The van der Waals surface area contributed by atoms with E-state index in [4.69, 9.17) is 0 Å². The molecule has 0 unspecified atom stereocenters. The van der Waals surface area contributed by atoms with Gasteiger partial charge >= 0.3 is 0 Å². The summed E-state index contributed by atoms with van der Waals surface area (Å²) in [4.78, 5) is 0. The van der Waals surface area contributed by atoms with E-state index in [1.54, 1.807) is 0 Å². The molecular weight excluding hydrogens is 208 g/mol. The molecule has 0 saturated heterocycles. The monoisotopic (exact) mass is 234 g/mol. The summed E-state index contributed by atoms with van der Waals surface area (Å²) < 4.78 is 0. The van der Waals surface area contributed by atoms with Gasteiger partial charge in [-0.3, -0.25) is 0 Å². The minimum Gasteiger partial charge on any atom is -0.388 e. The normalized spacial score (nSPS) is 11.9. The number of anilines is 1. The van der Waals surface area contributed by atoms with Crippen molar-refractivity contribution in [3.63, 3.8) is 0 Å². The quantitative estimate of drug-likeness (QED) is 0.787. The summed E-state index contributed by atoms with van der Waals surface area (Å²) in [6, 6.07) is 8.53. The zero-order valence-corrected chi connectivity index (χ0v) is 11.8. The second-order valence-electron chi connectivity index (χ2n) is 5.70. The van der Waals surface area contributed by atoms with Crippen molar-refractivity contribution in [2.45, 2.75) is 34.2 Å². The van der Waals surface area contributed by atoms with Crippen molar-refractivity contribution in [1.29, 1.82) is 0 Å². The van der Waals surface area contributed by atoms with Gasteiger partial charge in [0.2, 0.25) is 0 Å². The molecule has 2 nitrogen and oxygen atoms in total. The predicted molar refractivity (Wildman–Crippen MR) is 76.3 cm³/mol. The van der Waals surface area contributed by atoms with E-state index in [1.165, 1.54) is 11.3 Å². The predicted octanol–water partition coefficient (Wildman–Crippen LogP) is 3.50. The third kappa shape index (κ3) is 4.39. The molecule has 0 aliphatic carbocycles. The van der Waals surface area contributed by atoms with Gasteiger partial charge in [-0.1, -0.05) is 39.8 Å². The van der Waals surface area contributed by atoms with Crippen LogP contribution in [0.2, 0.25) is 0 Å². The molecule has 0 heterocycles. The van der Waals surface area contributed by atoms with Gasteiger partial charge in [0.1, 0.15) is 0 Å². The standard InChI is InChI=1S/C15H26N2/c1-12(2)15(3,4)11-17-10-13-7-6-8-14(9-13)16-5/h6-9,12,16-17H,10-11H2,1-5H3. The lowest BCUT2D eigenvalue weighted by Gasteiger charge is -2.29. The highest BCUT2D eigenvalue weighted by atomic mass is 14.9. The topological polar surface area (TPSA) is 24.1 Å². The molecule has 1 aromatic rings. The lowest BCUT2D eigenvalue weighted by molar-refractivity contribution is 0.238. The Morgan fingerprint density at radius 1 is 1.24 bits per heavy atom. The maximum Gasteiger partial charge on any atom is 0.0340 e. The second kappa shape index (κ2) is 6.06. The van der Waals surface area contributed by atoms with E-state index in [-0.39, 0.29) is 0 Å². The molecule has 0 aliphatic heterocycles. The lowest BCUT2D eigenvalue weighted by atomic mass is 9.81. The van der Waals surface area contributed by atoms with Crippen LogP contribution in [0.3, 0.4) is 0 Å². The molecule has 0 aromatic heterocycles. The SMILES string of the molecule is CNc1cccc(CNCC(C)(C)C(C)C)c1. The minimum absolute atomic E-state index is 0.348. The van der Waals surface area contributed by atoms with Crippen molar-refractivity contribution in [1.82, 2.24) is 5.32 Å². The van der Waals surface area contributed by atoms with E-state index in [1.807, 2.05) is 7.05 Å². The molecule has 17 heavy (non-hydrogen) atoms. The van der Waals surface area contributed by atoms with Gasteiger partial charge in [0.15, 0.2) is 0 Å². The Labute approximate surface area is 106 Å².